The van der Waals surface area contributed by atoms with Crippen LogP contribution in [0.25, 0.3) is 0 Å². The van der Waals surface area contributed by atoms with Crippen molar-refractivity contribution < 1.29 is 0 Å². The van der Waals surface area contributed by atoms with E-state index < -0.39 is 0 Å². The highest BCUT2D eigenvalue weighted by Crippen LogP contribution is 2.35. The number of aryl methyl sites for hydroxylation is 1. The first kappa shape index (κ1) is 12.7. The van der Waals surface area contributed by atoms with Gasteiger partial charge in [0.1, 0.15) is 5.82 Å². The molecular weight excluding hydrogens is 230 g/mol. The summed E-state index contributed by atoms with van der Waals surface area (Å²) in [6, 6.07) is 4.12. The highest BCUT2D eigenvalue weighted by Gasteiger charge is 2.33. The van der Waals surface area contributed by atoms with Crippen LogP contribution in [0.15, 0.2) is 18.3 Å². The fourth-order valence-corrected chi connectivity index (χ4v) is 3.18. The van der Waals surface area contributed by atoms with Crippen LogP contribution in [-0.4, -0.2) is 35.6 Å². The fourth-order valence-electron chi connectivity index (χ4n) is 2.43. The number of pyridine rings is 1. The Morgan fingerprint density at radius 2 is 2.18 bits per heavy atom. The minimum absolute atomic E-state index is 0.291. The van der Waals surface area contributed by atoms with E-state index in [4.69, 9.17) is 5.73 Å². The third-order valence-corrected chi connectivity index (χ3v) is 5.20. The SMILES string of the molecule is CSC1(CN)CCN(c2ncccc2C)CC1. The summed E-state index contributed by atoms with van der Waals surface area (Å²) in [6.45, 7) is 5.04. The average Bonchev–Trinajstić information content (AvgIpc) is 2.40. The summed E-state index contributed by atoms with van der Waals surface area (Å²) in [5, 5.41) is 0. The van der Waals surface area contributed by atoms with Gasteiger partial charge in [0.2, 0.25) is 0 Å². The van der Waals surface area contributed by atoms with Crippen molar-refractivity contribution in [3.8, 4) is 0 Å². The van der Waals surface area contributed by atoms with Crippen molar-refractivity contribution in [3.63, 3.8) is 0 Å². The summed E-state index contributed by atoms with van der Waals surface area (Å²) in [6.07, 6.45) is 6.36. The molecule has 0 spiro atoms. The van der Waals surface area contributed by atoms with Crippen LogP contribution in [0.2, 0.25) is 0 Å². The van der Waals surface area contributed by atoms with E-state index >= 15 is 0 Å². The number of thioether (sulfide) groups is 1. The maximum atomic E-state index is 5.91. The molecular formula is C13H21N3S. The zero-order chi connectivity index (χ0) is 12.3. The molecule has 2 N–H and O–H groups in total. The van der Waals surface area contributed by atoms with Crippen LogP contribution in [0.3, 0.4) is 0 Å². The molecule has 0 unspecified atom stereocenters. The molecule has 1 aromatic heterocycles. The van der Waals surface area contributed by atoms with Gasteiger partial charge >= 0.3 is 0 Å². The quantitative estimate of drug-likeness (QED) is 0.893. The van der Waals surface area contributed by atoms with E-state index in [9.17, 15) is 0 Å². The number of hydrogen-bond acceptors (Lipinski definition) is 4. The standard InChI is InChI=1S/C13H21N3S/c1-11-4-3-7-15-12(11)16-8-5-13(10-14,17-2)6-9-16/h3-4,7H,5-6,8-10,14H2,1-2H3. The Morgan fingerprint density at radius 3 is 2.71 bits per heavy atom. The largest absolute Gasteiger partial charge is 0.356 e. The van der Waals surface area contributed by atoms with Crippen molar-refractivity contribution in [2.24, 2.45) is 5.73 Å². The predicted octanol–water partition coefficient (Wildman–Crippen LogP) is 2.05. The molecule has 1 fully saturated rings. The second kappa shape index (κ2) is 5.27. The van der Waals surface area contributed by atoms with Gasteiger partial charge in [-0.25, -0.2) is 4.98 Å². The van der Waals surface area contributed by atoms with Crippen LogP contribution in [0.5, 0.6) is 0 Å². The zero-order valence-electron chi connectivity index (χ0n) is 10.6. The highest BCUT2D eigenvalue weighted by atomic mass is 32.2. The molecule has 94 valence electrons. The van der Waals surface area contributed by atoms with Gasteiger partial charge in [-0.3, -0.25) is 0 Å². The van der Waals surface area contributed by atoms with Gasteiger partial charge in [-0.05, 0) is 37.7 Å². The van der Waals surface area contributed by atoms with Crippen molar-refractivity contribution >= 4 is 17.6 Å². The Kier molecular flexibility index (Phi) is 3.94. The summed E-state index contributed by atoms with van der Waals surface area (Å²) in [7, 11) is 0. The van der Waals surface area contributed by atoms with Gasteiger partial charge in [0.15, 0.2) is 0 Å². The second-order valence-electron chi connectivity index (χ2n) is 4.72. The van der Waals surface area contributed by atoms with Crippen LogP contribution >= 0.6 is 11.8 Å². The summed E-state index contributed by atoms with van der Waals surface area (Å²) >= 11 is 1.92. The summed E-state index contributed by atoms with van der Waals surface area (Å²) < 4.78 is 0.291. The number of rotatable bonds is 3. The van der Waals surface area contributed by atoms with Crippen LogP contribution in [0.4, 0.5) is 5.82 Å². The molecule has 2 rings (SSSR count). The van der Waals surface area contributed by atoms with E-state index in [-0.39, 0.29) is 0 Å². The first-order chi connectivity index (χ1) is 8.21. The van der Waals surface area contributed by atoms with Crippen LogP contribution < -0.4 is 10.6 Å². The van der Waals surface area contributed by atoms with E-state index in [1.54, 1.807) is 0 Å². The molecule has 0 radical (unpaired) electrons. The molecule has 2 heterocycles. The maximum absolute atomic E-state index is 5.91. The van der Waals surface area contributed by atoms with Crippen LogP contribution in [0, 0.1) is 6.92 Å². The summed E-state index contributed by atoms with van der Waals surface area (Å²) in [5.74, 6) is 1.14. The van der Waals surface area contributed by atoms with Crippen molar-refractivity contribution in [2.45, 2.75) is 24.5 Å². The van der Waals surface area contributed by atoms with Gasteiger partial charge < -0.3 is 10.6 Å². The molecule has 0 saturated carbocycles. The van der Waals surface area contributed by atoms with E-state index in [1.165, 1.54) is 5.56 Å². The average molecular weight is 251 g/mol. The number of nitrogens with two attached hydrogens (primary N) is 1. The lowest BCUT2D eigenvalue weighted by atomic mass is 9.95. The van der Waals surface area contributed by atoms with Gasteiger partial charge in [-0.2, -0.15) is 11.8 Å². The zero-order valence-corrected chi connectivity index (χ0v) is 11.5. The molecule has 3 nitrogen and oxygen atoms in total. The van der Waals surface area contributed by atoms with E-state index in [2.05, 4.69) is 29.1 Å². The number of anilines is 1. The van der Waals surface area contributed by atoms with Crippen molar-refractivity contribution in [1.29, 1.82) is 0 Å². The smallest absolute Gasteiger partial charge is 0.131 e. The van der Waals surface area contributed by atoms with E-state index in [1.807, 2.05) is 24.0 Å². The topological polar surface area (TPSA) is 42.1 Å². The Balaban J connectivity index is 2.07. The lowest BCUT2D eigenvalue weighted by Crippen LogP contribution is -2.47. The third kappa shape index (κ3) is 2.58. The number of nitrogens with zero attached hydrogens (tertiary/aromatic N) is 2. The Hall–Kier alpha value is -0.740. The number of aromatic nitrogens is 1. The van der Waals surface area contributed by atoms with Gasteiger partial charge in [0.25, 0.3) is 0 Å². The maximum Gasteiger partial charge on any atom is 0.131 e. The Bertz CT molecular complexity index is 367. The van der Waals surface area contributed by atoms with Crippen molar-refractivity contribution in [1.82, 2.24) is 4.98 Å². The highest BCUT2D eigenvalue weighted by molar-refractivity contribution is 8.00. The van der Waals surface area contributed by atoms with Crippen molar-refractivity contribution in [3.05, 3.63) is 23.9 Å². The van der Waals surface area contributed by atoms with Gasteiger partial charge in [0.05, 0.1) is 0 Å². The van der Waals surface area contributed by atoms with Crippen LogP contribution in [-0.2, 0) is 0 Å². The Morgan fingerprint density at radius 1 is 1.47 bits per heavy atom. The molecule has 0 atom stereocenters. The fraction of sp³-hybridized carbons (Fsp3) is 0.615. The summed E-state index contributed by atoms with van der Waals surface area (Å²) in [5.41, 5.74) is 7.17. The lowest BCUT2D eigenvalue weighted by Gasteiger charge is -2.40. The molecule has 0 aromatic carbocycles. The molecule has 1 saturated heterocycles. The third-order valence-electron chi connectivity index (χ3n) is 3.76. The minimum atomic E-state index is 0.291. The second-order valence-corrected chi connectivity index (χ2v) is 6.00. The van der Waals surface area contributed by atoms with E-state index in [0.29, 0.717) is 4.75 Å². The molecule has 0 amide bonds. The molecule has 4 heteroatoms. The Labute approximate surface area is 108 Å². The molecule has 1 aromatic rings. The summed E-state index contributed by atoms with van der Waals surface area (Å²) in [4.78, 5) is 6.88. The van der Waals surface area contributed by atoms with Gasteiger partial charge in [0, 0.05) is 30.6 Å². The first-order valence-corrected chi connectivity index (χ1v) is 7.35. The number of piperidine rings is 1. The molecule has 0 bridgehead atoms. The van der Waals surface area contributed by atoms with Gasteiger partial charge in [-0.1, -0.05) is 6.07 Å². The minimum Gasteiger partial charge on any atom is -0.356 e. The molecule has 1 aliphatic rings. The lowest BCUT2D eigenvalue weighted by molar-refractivity contribution is 0.455. The predicted molar refractivity (Wildman–Crippen MR) is 75.7 cm³/mol. The molecule has 17 heavy (non-hydrogen) atoms. The normalized spacial score (nSPS) is 19.4. The monoisotopic (exact) mass is 251 g/mol. The van der Waals surface area contributed by atoms with Crippen molar-refractivity contribution in [2.75, 3.05) is 30.8 Å². The van der Waals surface area contributed by atoms with Gasteiger partial charge in [-0.15, -0.1) is 0 Å². The number of hydrogen-bond donors (Lipinski definition) is 1. The molecule has 1 aliphatic heterocycles. The first-order valence-electron chi connectivity index (χ1n) is 6.12. The van der Waals surface area contributed by atoms with Crippen LogP contribution in [0.1, 0.15) is 18.4 Å². The molecule has 0 aliphatic carbocycles. The van der Waals surface area contributed by atoms with E-state index in [0.717, 1.165) is 38.3 Å².